The van der Waals surface area contributed by atoms with Gasteiger partial charge >= 0.3 is 0 Å². The first-order valence-corrected chi connectivity index (χ1v) is 11.6. The zero-order valence-corrected chi connectivity index (χ0v) is 18.2. The molecule has 4 aliphatic carbocycles. The number of tetrazole rings is 1. The van der Waals surface area contributed by atoms with Gasteiger partial charge in [-0.05, 0) is 99.1 Å². The van der Waals surface area contributed by atoms with Crippen LogP contribution in [0.3, 0.4) is 0 Å². The third-order valence-electron chi connectivity index (χ3n) is 7.10. The van der Waals surface area contributed by atoms with E-state index in [4.69, 9.17) is 0 Å². The summed E-state index contributed by atoms with van der Waals surface area (Å²) >= 11 is 1.44. The van der Waals surface area contributed by atoms with E-state index in [2.05, 4.69) is 46.8 Å². The molecule has 1 atom stereocenters. The van der Waals surface area contributed by atoms with Crippen molar-refractivity contribution in [1.82, 2.24) is 25.5 Å². The number of nitrogens with zero attached hydrogens (tertiary/aromatic N) is 4. The molecule has 0 radical (unpaired) electrons. The van der Waals surface area contributed by atoms with Gasteiger partial charge in [0, 0.05) is 5.54 Å². The number of nitrogens with one attached hydrogen (secondary N) is 1. The Hall–Kier alpha value is -1.89. The standard InChI is InChI=1S/C22H29N5OS/c1-13-4-5-19(14(2)6-13)27-21(24-25-26-27)29-15(3)20(28)23-22-10-16-7-17(11-22)9-18(8-16)12-22/h4-6,15-18H,7-12H2,1-3H3,(H,23,28). The molecule has 29 heavy (non-hydrogen) atoms. The molecular formula is C22H29N5OS. The van der Waals surface area contributed by atoms with E-state index >= 15 is 0 Å². The van der Waals surface area contributed by atoms with E-state index < -0.39 is 0 Å². The van der Waals surface area contributed by atoms with Crippen molar-refractivity contribution in [3.63, 3.8) is 0 Å². The number of hydrogen-bond acceptors (Lipinski definition) is 5. The van der Waals surface area contributed by atoms with E-state index in [0.29, 0.717) is 5.16 Å². The first kappa shape index (κ1) is 19.1. The lowest BCUT2D eigenvalue weighted by atomic mass is 9.53. The van der Waals surface area contributed by atoms with Crippen LogP contribution in [0, 0.1) is 31.6 Å². The number of carbonyl (C=O) groups is 1. The van der Waals surface area contributed by atoms with Gasteiger partial charge in [-0.2, -0.15) is 4.68 Å². The van der Waals surface area contributed by atoms with Crippen molar-refractivity contribution in [1.29, 1.82) is 0 Å². The molecule has 1 aromatic carbocycles. The predicted molar refractivity (Wildman–Crippen MR) is 113 cm³/mol. The van der Waals surface area contributed by atoms with Crippen LogP contribution in [0.15, 0.2) is 23.4 Å². The van der Waals surface area contributed by atoms with Crippen molar-refractivity contribution < 1.29 is 4.79 Å². The number of amides is 1. The summed E-state index contributed by atoms with van der Waals surface area (Å²) in [5.41, 5.74) is 3.32. The smallest absolute Gasteiger partial charge is 0.233 e. The Kier molecular flexibility index (Phi) is 4.68. The summed E-state index contributed by atoms with van der Waals surface area (Å²) in [6, 6.07) is 6.21. The number of benzene rings is 1. The number of aromatic nitrogens is 4. The van der Waals surface area contributed by atoms with Gasteiger partial charge in [0.1, 0.15) is 0 Å². The molecule has 1 unspecified atom stereocenters. The topological polar surface area (TPSA) is 72.7 Å². The van der Waals surface area contributed by atoms with Gasteiger partial charge in [-0.15, -0.1) is 5.10 Å². The molecular weight excluding hydrogens is 382 g/mol. The Balaban J connectivity index is 1.30. The van der Waals surface area contributed by atoms with Crippen molar-refractivity contribution in [3.8, 4) is 5.69 Å². The van der Waals surface area contributed by atoms with E-state index in [0.717, 1.165) is 29.0 Å². The molecule has 0 saturated heterocycles. The number of aryl methyl sites for hydroxylation is 2. The summed E-state index contributed by atoms with van der Waals surface area (Å²) in [4.78, 5) is 13.1. The Morgan fingerprint density at radius 3 is 2.45 bits per heavy atom. The molecule has 6 nitrogen and oxygen atoms in total. The zero-order chi connectivity index (χ0) is 20.2. The first-order chi connectivity index (χ1) is 13.9. The van der Waals surface area contributed by atoms with Crippen LogP contribution < -0.4 is 5.32 Å². The van der Waals surface area contributed by atoms with Gasteiger partial charge in [0.25, 0.3) is 0 Å². The minimum atomic E-state index is -0.237. The van der Waals surface area contributed by atoms with Crippen molar-refractivity contribution in [2.24, 2.45) is 17.8 Å². The van der Waals surface area contributed by atoms with Gasteiger partial charge in [0.15, 0.2) is 0 Å². The van der Waals surface area contributed by atoms with Gasteiger partial charge in [0.2, 0.25) is 11.1 Å². The van der Waals surface area contributed by atoms with Crippen LogP contribution in [0.25, 0.3) is 5.69 Å². The van der Waals surface area contributed by atoms with Crippen LogP contribution in [-0.2, 0) is 4.79 Å². The molecule has 0 spiro atoms. The number of rotatable bonds is 5. The average molecular weight is 412 g/mol. The average Bonchev–Trinajstić information content (AvgIpc) is 3.08. The molecule has 6 rings (SSSR count). The molecule has 1 aromatic heterocycles. The van der Waals surface area contributed by atoms with Crippen molar-refractivity contribution in [2.75, 3.05) is 0 Å². The van der Waals surface area contributed by atoms with Crippen LogP contribution in [0.4, 0.5) is 0 Å². The monoisotopic (exact) mass is 411 g/mol. The fourth-order valence-electron chi connectivity index (χ4n) is 6.28. The van der Waals surface area contributed by atoms with Gasteiger partial charge in [-0.3, -0.25) is 4.79 Å². The van der Waals surface area contributed by atoms with E-state index in [1.165, 1.54) is 55.9 Å². The summed E-state index contributed by atoms with van der Waals surface area (Å²) in [7, 11) is 0. The van der Waals surface area contributed by atoms with Gasteiger partial charge in [-0.25, -0.2) is 0 Å². The Labute approximate surface area is 176 Å². The normalized spacial score (nSPS) is 31.1. The molecule has 2 aromatic rings. The maximum Gasteiger partial charge on any atom is 0.233 e. The molecule has 0 aliphatic heterocycles. The van der Waals surface area contributed by atoms with Gasteiger partial charge in [0.05, 0.1) is 10.9 Å². The molecule has 4 aliphatic rings. The minimum absolute atomic E-state index is 0.0418. The summed E-state index contributed by atoms with van der Waals surface area (Å²) < 4.78 is 1.74. The number of carbonyl (C=O) groups excluding carboxylic acids is 1. The largest absolute Gasteiger partial charge is 0.350 e. The summed E-state index contributed by atoms with van der Waals surface area (Å²) in [6.45, 7) is 6.09. The zero-order valence-electron chi connectivity index (χ0n) is 17.4. The van der Waals surface area contributed by atoms with E-state index in [-0.39, 0.29) is 16.7 Å². The number of hydrogen-bond donors (Lipinski definition) is 1. The second kappa shape index (κ2) is 7.11. The highest BCUT2D eigenvalue weighted by atomic mass is 32.2. The first-order valence-electron chi connectivity index (χ1n) is 10.8. The van der Waals surface area contributed by atoms with Crippen LogP contribution in [0.2, 0.25) is 0 Å². The molecule has 4 saturated carbocycles. The van der Waals surface area contributed by atoms with E-state index in [1.807, 2.05) is 13.0 Å². The lowest BCUT2D eigenvalue weighted by molar-refractivity contribution is -0.126. The second-order valence-electron chi connectivity index (χ2n) is 9.61. The second-order valence-corrected chi connectivity index (χ2v) is 10.9. The summed E-state index contributed by atoms with van der Waals surface area (Å²) in [6.07, 6.45) is 7.64. The maximum absolute atomic E-state index is 13.1. The quantitative estimate of drug-likeness (QED) is 0.757. The number of thioether (sulfide) groups is 1. The summed E-state index contributed by atoms with van der Waals surface area (Å²) in [5.74, 6) is 2.58. The Morgan fingerprint density at radius 2 is 1.83 bits per heavy atom. The van der Waals surface area contributed by atoms with Gasteiger partial charge < -0.3 is 5.32 Å². The van der Waals surface area contributed by atoms with Crippen LogP contribution in [-0.4, -0.2) is 36.9 Å². The lowest BCUT2D eigenvalue weighted by Crippen LogP contribution is -2.60. The lowest BCUT2D eigenvalue weighted by Gasteiger charge is -2.57. The Bertz CT molecular complexity index is 904. The predicted octanol–water partition coefficient (Wildman–Crippen LogP) is 3.84. The molecule has 4 fully saturated rings. The third-order valence-corrected chi connectivity index (χ3v) is 8.13. The highest BCUT2D eigenvalue weighted by molar-refractivity contribution is 8.00. The van der Waals surface area contributed by atoms with Crippen molar-refractivity contribution in [2.45, 2.75) is 75.2 Å². The van der Waals surface area contributed by atoms with Crippen LogP contribution in [0.1, 0.15) is 56.6 Å². The molecule has 7 heteroatoms. The molecule has 1 heterocycles. The van der Waals surface area contributed by atoms with E-state index in [9.17, 15) is 4.79 Å². The van der Waals surface area contributed by atoms with Crippen LogP contribution >= 0.6 is 11.8 Å². The Morgan fingerprint density at radius 1 is 1.17 bits per heavy atom. The highest BCUT2D eigenvalue weighted by Gasteiger charge is 2.51. The highest BCUT2D eigenvalue weighted by Crippen LogP contribution is 2.55. The maximum atomic E-state index is 13.1. The molecule has 154 valence electrons. The minimum Gasteiger partial charge on any atom is -0.350 e. The molecule has 1 N–H and O–H groups in total. The van der Waals surface area contributed by atoms with Crippen molar-refractivity contribution in [3.05, 3.63) is 29.3 Å². The molecule has 1 amide bonds. The molecule has 4 bridgehead atoms. The van der Waals surface area contributed by atoms with Gasteiger partial charge in [-0.1, -0.05) is 29.5 Å². The fraction of sp³-hybridized carbons (Fsp3) is 0.636. The SMILES string of the molecule is Cc1ccc(-n2nnnc2SC(C)C(=O)NC23CC4CC(CC(C4)C2)C3)c(C)c1. The van der Waals surface area contributed by atoms with Crippen LogP contribution in [0.5, 0.6) is 0 Å². The third kappa shape index (κ3) is 3.58. The van der Waals surface area contributed by atoms with E-state index in [1.54, 1.807) is 4.68 Å². The fourth-order valence-corrected chi connectivity index (χ4v) is 7.09. The summed E-state index contributed by atoms with van der Waals surface area (Å²) in [5, 5.41) is 16.1. The van der Waals surface area contributed by atoms with Crippen molar-refractivity contribution >= 4 is 17.7 Å².